The Labute approximate surface area is 161 Å². The van der Waals surface area contributed by atoms with Crippen molar-refractivity contribution in [1.29, 1.82) is 0 Å². The summed E-state index contributed by atoms with van der Waals surface area (Å²) in [7, 11) is -2.12. The lowest BCUT2D eigenvalue weighted by atomic mass is 10.1. The van der Waals surface area contributed by atoms with Gasteiger partial charge in [-0.15, -0.1) is 0 Å². The van der Waals surface area contributed by atoms with Crippen LogP contribution in [0, 0.1) is 13.8 Å². The summed E-state index contributed by atoms with van der Waals surface area (Å²) in [5.41, 5.74) is 2.46. The molecular weight excluding hydrogens is 364 g/mol. The van der Waals surface area contributed by atoms with Gasteiger partial charge in [0.2, 0.25) is 10.0 Å². The maximum Gasteiger partial charge on any atom is 0.259 e. The highest BCUT2D eigenvalue weighted by molar-refractivity contribution is 7.89. The molecule has 0 aliphatic carbocycles. The van der Waals surface area contributed by atoms with Crippen molar-refractivity contribution in [2.75, 3.05) is 25.5 Å². The number of hydrogen-bond donors (Lipinski definition) is 1. The van der Waals surface area contributed by atoms with Gasteiger partial charge in [-0.2, -0.15) is 4.31 Å². The Morgan fingerprint density at radius 1 is 1.11 bits per heavy atom. The first-order valence-corrected chi connectivity index (χ1v) is 10.3. The minimum Gasteiger partial charge on any atom is -0.496 e. The van der Waals surface area contributed by atoms with Crippen molar-refractivity contribution in [2.45, 2.75) is 32.6 Å². The number of sulfonamides is 1. The summed E-state index contributed by atoms with van der Waals surface area (Å²) in [6, 6.07) is 10.0. The van der Waals surface area contributed by atoms with Crippen LogP contribution in [0.15, 0.2) is 41.3 Å². The van der Waals surface area contributed by atoms with Crippen LogP contribution in [0.2, 0.25) is 0 Å². The first kappa shape index (κ1) is 20.9. The van der Waals surface area contributed by atoms with Gasteiger partial charge in [0.05, 0.1) is 17.6 Å². The number of rotatable bonds is 7. The van der Waals surface area contributed by atoms with Gasteiger partial charge in [-0.05, 0) is 49.2 Å². The van der Waals surface area contributed by atoms with Gasteiger partial charge in [0.1, 0.15) is 5.75 Å². The largest absolute Gasteiger partial charge is 0.496 e. The summed E-state index contributed by atoms with van der Waals surface area (Å²) in [5.74, 6) is 0.101. The van der Waals surface area contributed by atoms with Gasteiger partial charge >= 0.3 is 0 Å². The topological polar surface area (TPSA) is 75.7 Å². The van der Waals surface area contributed by atoms with E-state index in [-0.39, 0.29) is 10.8 Å². The average molecular weight is 391 g/mol. The first-order chi connectivity index (χ1) is 12.8. The highest BCUT2D eigenvalue weighted by Crippen LogP contribution is 2.27. The van der Waals surface area contributed by atoms with E-state index in [0.717, 1.165) is 11.1 Å². The Kier molecular flexibility index (Phi) is 6.62. The normalized spacial score (nSPS) is 11.5. The van der Waals surface area contributed by atoms with Crippen LogP contribution in [0.5, 0.6) is 5.75 Å². The van der Waals surface area contributed by atoms with Gasteiger partial charge in [0.25, 0.3) is 5.91 Å². The molecule has 2 aromatic rings. The van der Waals surface area contributed by atoms with E-state index in [4.69, 9.17) is 4.74 Å². The van der Waals surface area contributed by atoms with E-state index in [0.29, 0.717) is 30.1 Å². The Morgan fingerprint density at radius 3 is 2.33 bits per heavy atom. The summed E-state index contributed by atoms with van der Waals surface area (Å²) in [5, 5.41) is 2.83. The molecule has 0 unspecified atom stereocenters. The summed E-state index contributed by atoms with van der Waals surface area (Å²) >= 11 is 0. The van der Waals surface area contributed by atoms with E-state index in [1.807, 2.05) is 13.8 Å². The Hall–Kier alpha value is -2.38. The second-order valence-corrected chi connectivity index (χ2v) is 8.09. The fourth-order valence-electron chi connectivity index (χ4n) is 2.84. The lowest BCUT2D eigenvalue weighted by molar-refractivity contribution is 0.102. The summed E-state index contributed by atoms with van der Waals surface area (Å²) in [4.78, 5) is 12.9. The summed E-state index contributed by atoms with van der Waals surface area (Å²) < 4.78 is 32.3. The zero-order valence-electron chi connectivity index (χ0n) is 16.4. The van der Waals surface area contributed by atoms with E-state index < -0.39 is 10.0 Å². The average Bonchev–Trinajstić information content (AvgIpc) is 2.65. The molecule has 1 amide bonds. The Morgan fingerprint density at radius 2 is 1.74 bits per heavy atom. The molecular formula is C20H26N2O4S. The number of para-hydroxylation sites is 1. The maximum atomic E-state index is 12.9. The Bertz CT molecular complexity index is 935. The fraction of sp³-hybridized carbons (Fsp3) is 0.350. The van der Waals surface area contributed by atoms with Gasteiger partial charge in [-0.25, -0.2) is 8.42 Å². The second-order valence-electron chi connectivity index (χ2n) is 6.16. The number of amides is 1. The molecule has 0 fully saturated rings. The van der Waals surface area contributed by atoms with E-state index in [1.54, 1.807) is 44.2 Å². The van der Waals surface area contributed by atoms with Crippen LogP contribution >= 0.6 is 0 Å². The van der Waals surface area contributed by atoms with Gasteiger partial charge in [-0.3, -0.25) is 4.79 Å². The molecule has 2 rings (SSSR count). The number of methoxy groups -OCH3 is 1. The molecule has 6 nitrogen and oxygen atoms in total. The van der Waals surface area contributed by atoms with Gasteiger partial charge in [0.15, 0.2) is 0 Å². The summed E-state index contributed by atoms with van der Waals surface area (Å²) in [6.07, 6.45) is 0. The number of hydrogen-bond acceptors (Lipinski definition) is 4. The van der Waals surface area contributed by atoms with Crippen molar-refractivity contribution in [3.8, 4) is 5.75 Å². The van der Waals surface area contributed by atoms with Crippen molar-refractivity contribution in [1.82, 2.24) is 4.31 Å². The molecule has 0 saturated heterocycles. The molecule has 0 aromatic heterocycles. The number of nitrogens with zero attached hydrogens (tertiary/aromatic N) is 1. The molecule has 146 valence electrons. The van der Waals surface area contributed by atoms with E-state index in [9.17, 15) is 13.2 Å². The molecule has 27 heavy (non-hydrogen) atoms. The molecule has 0 atom stereocenters. The zero-order valence-corrected chi connectivity index (χ0v) is 17.2. The lowest BCUT2D eigenvalue weighted by Crippen LogP contribution is -2.30. The van der Waals surface area contributed by atoms with E-state index in [1.165, 1.54) is 17.5 Å². The molecule has 0 spiro atoms. The number of anilines is 1. The van der Waals surface area contributed by atoms with Crippen LogP contribution in [-0.2, 0) is 10.0 Å². The molecule has 1 N–H and O–H groups in total. The predicted octanol–water partition coefficient (Wildman–Crippen LogP) is 3.59. The van der Waals surface area contributed by atoms with Crippen molar-refractivity contribution in [3.05, 3.63) is 53.1 Å². The maximum absolute atomic E-state index is 12.9. The number of ether oxygens (including phenoxy) is 1. The third kappa shape index (κ3) is 4.31. The van der Waals surface area contributed by atoms with Crippen LogP contribution < -0.4 is 10.1 Å². The smallest absolute Gasteiger partial charge is 0.259 e. The predicted molar refractivity (Wildman–Crippen MR) is 107 cm³/mol. The quantitative estimate of drug-likeness (QED) is 0.784. The monoisotopic (exact) mass is 390 g/mol. The van der Waals surface area contributed by atoms with Crippen LogP contribution in [0.25, 0.3) is 0 Å². The number of aryl methyl sites for hydroxylation is 1. The van der Waals surface area contributed by atoms with Crippen LogP contribution in [0.1, 0.15) is 35.3 Å². The Balaban J connectivity index is 2.46. The number of carbonyl (C=O) groups excluding carboxylic acids is 1. The second kappa shape index (κ2) is 8.54. The van der Waals surface area contributed by atoms with Gasteiger partial charge < -0.3 is 10.1 Å². The van der Waals surface area contributed by atoms with Crippen LogP contribution in [0.4, 0.5) is 5.69 Å². The van der Waals surface area contributed by atoms with Crippen molar-refractivity contribution < 1.29 is 17.9 Å². The molecule has 0 aliphatic heterocycles. The first-order valence-electron chi connectivity index (χ1n) is 8.82. The van der Waals surface area contributed by atoms with Crippen molar-refractivity contribution >= 4 is 21.6 Å². The standard InChI is InChI=1S/C20H26N2O4S/c1-6-22(7-2)27(24,25)16-12-14(3)15(4)18(13-16)21-20(23)17-10-8-9-11-19(17)26-5/h8-13H,6-7H2,1-5H3,(H,21,23). The van der Waals surface area contributed by atoms with Gasteiger partial charge in [-0.1, -0.05) is 26.0 Å². The van der Waals surface area contributed by atoms with E-state index in [2.05, 4.69) is 5.32 Å². The van der Waals surface area contributed by atoms with Crippen LogP contribution in [-0.4, -0.2) is 38.8 Å². The molecule has 2 aromatic carbocycles. The van der Waals surface area contributed by atoms with Crippen LogP contribution in [0.3, 0.4) is 0 Å². The number of nitrogens with one attached hydrogen (secondary N) is 1. The minimum atomic E-state index is -3.62. The SMILES string of the molecule is CCN(CC)S(=O)(=O)c1cc(C)c(C)c(NC(=O)c2ccccc2OC)c1. The summed E-state index contributed by atoms with van der Waals surface area (Å²) in [6.45, 7) is 8.04. The third-order valence-corrected chi connectivity index (χ3v) is 6.61. The molecule has 7 heteroatoms. The third-order valence-electron chi connectivity index (χ3n) is 4.58. The lowest BCUT2D eigenvalue weighted by Gasteiger charge is -2.20. The fourth-order valence-corrected chi connectivity index (χ4v) is 4.41. The zero-order chi connectivity index (χ0) is 20.2. The van der Waals surface area contributed by atoms with E-state index >= 15 is 0 Å². The number of carbonyl (C=O) groups is 1. The van der Waals surface area contributed by atoms with Crippen molar-refractivity contribution in [2.24, 2.45) is 0 Å². The molecule has 0 saturated carbocycles. The molecule has 0 heterocycles. The van der Waals surface area contributed by atoms with Crippen molar-refractivity contribution in [3.63, 3.8) is 0 Å². The minimum absolute atomic E-state index is 0.171. The molecule has 0 radical (unpaired) electrons. The van der Waals surface area contributed by atoms with Gasteiger partial charge in [0, 0.05) is 18.8 Å². The molecule has 0 bridgehead atoms. The highest BCUT2D eigenvalue weighted by Gasteiger charge is 2.24. The number of benzene rings is 2. The molecule has 0 aliphatic rings. The highest BCUT2D eigenvalue weighted by atomic mass is 32.2.